The summed E-state index contributed by atoms with van der Waals surface area (Å²) in [6, 6.07) is 8.00. The lowest BCUT2D eigenvalue weighted by atomic mass is 10.1. The van der Waals surface area contributed by atoms with Crippen molar-refractivity contribution >= 4 is 11.4 Å². The smallest absolute Gasteiger partial charge is 0.0889 e. The van der Waals surface area contributed by atoms with E-state index in [-0.39, 0.29) is 6.10 Å². The van der Waals surface area contributed by atoms with Gasteiger partial charge in [0.2, 0.25) is 0 Å². The Morgan fingerprint density at radius 3 is 2.89 bits per heavy atom. The molecule has 4 nitrogen and oxygen atoms in total. The minimum atomic E-state index is -0.286. The Balaban J connectivity index is 2.27. The summed E-state index contributed by atoms with van der Waals surface area (Å²) in [5.41, 5.74) is 2.86. The van der Waals surface area contributed by atoms with Gasteiger partial charge >= 0.3 is 0 Å². The molecular formula is C14H20N2O2. The summed E-state index contributed by atoms with van der Waals surface area (Å²) >= 11 is 0. The zero-order chi connectivity index (χ0) is 13.0. The third-order valence-corrected chi connectivity index (χ3v) is 3.33. The third-order valence-electron chi connectivity index (χ3n) is 3.33. The Morgan fingerprint density at radius 2 is 2.17 bits per heavy atom. The van der Waals surface area contributed by atoms with Crippen LogP contribution in [0.4, 0.5) is 5.69 Å². The van der Waals surface area contributed by atoms with E-state index in [1.54, 1.807) is 0 Å². The van der Waals surface area contributed by atoms with E-state index in [2.05, 4.69) is 10.1 Å². The van der Waals surface area contributed by atoms with Crippen LogP contribution in [0.15, 0.2) is 29.4 Å². The van der Waals surface area contributed by atoms with Crippen molar-refractivity contribution in [1.82, 2.24) is 0 Å². The number of nitrogens with zero attached hydrogens (tertiary/aromatic N) is 2. The van der Waals surface area contributed by atoms with Crippen LogP contribution in [-0.2, 0) is 0 Å². The highest BCUT2D eigenvalue weighted by Crippen LogP contribution is 2.26. The highest BCUT2D eigenvalue weighted by molar-refractivity contribution is 6.05. The van der Waals surface area contributed by atoms with Crippen molar-refractivity contribution in [2.45, 2.75) is 32.3 Å². The number of rotatable bonds is 3. The van der Waals surface area contributed by atoms with Gasteiger partial charge in [0.25, 0.3) is 0 Å². The molecule has 98 valence electrons. The first-order valence-corrected chi connectivity index (χ1v) is 6.45. The maximum Gasteiger partial charge on any atom is 0.0889 e. The van der Waals surface area contributed by atoms with Gasteiger partial charge in [-0.05, 0) is 32.3 Å². The summed E-state index contributed by atoms with van der Waals surface area (Å²) in [4.78, 5) is 2.26. The van der Waals surface area contributed by atoms with E-state index in [1.807, 2.05) is 31.2 Å². The number of aliphatic hydroxyl groups is 1. The lowest BCUT2D eigenvalue weighted by Gasteiger charge is -2.25. The first-order chi connectivity index (χ1) is 8.72. The number of oxime groups is 1. The van der Waals surface area contributed by atoms with E-state index in [1.165, 1.54) is 0 Å². The molecule has 2 N–H and O–H groups in total. The standard InChI is InChI=1S/C14H20N2O2/c1-11(17)8-10-16-9-4-6-13(15-18)12-5-2-3-7-14(12)16/h2-3,5,7,11,17-18H,4,6,8-10H2,1H3/b15-13-. The van der Waals surface area contributed by atoms with Gasteiger partial charge in [-0.3, -0.25) is 0 Å². The lowest BCUT2D eigenvalue weighted by molar-refractivity contribution is 0.186. The van der Waals surface area contributed by atoms with Crippen molar-refractivity contribution in [1.29, 1.82) is 0 Å². The van der Waals surface area contributed by atoms with Crippen molar-refractivity contribution in [3.8, 4) is 0 Å². The lowest BCUT2D eigenvalue weighted by Crippen LogP contribution is -2.27. The van der Waals surface area contributed by atoms with Gasteiger partial charge in [0.1, 0.15) is 0 Å². The fourth-order valence-corrected chi connectivity index (χ4v) is 2.36. The van der Waals surface area contributed by atoms with Crippen LogP contribution in [0.25, 0.3) is 0 Å². The molecule has 1 unspecified atom stereocenters. The van der Waals surface area contributed by atoms with Crippen LogP contribution in [0.1, 0.15) is 31.7 Å². The van der Waals surface area contributed by atoms with Gasteiger partial charge in [-0.15, -0.1) is 0 Å². The Morgan fingerprint density at radius 1 is 1.39 bits per heavy atom. The van der Waals surface area contributed by atoms with Crippen LogP contribution in [0, 0.1) is 0 Å². The molecule has 2 rings (SSSR count). The summed E-state index contributed by atoms with van der Waals surface area (Å²) in [7, 11) is 0. The van der Waals surface area contributed by atoms with Crippen molar-refractivity contribution in [2.24, 2.45) is 5.16 Å². The summed E-state index contributed by atoms with van der Waals surface area (Å²) in [6.45, 7) is 3.57. The molecule has 1 aromatic carbocycles. The molecule has 18 heavy (non-hydrogen) atoms. The van der Waals surface area contributed by atoms with Crippen LogP contribution in [0.2, 0.25) is 0 Å². The largest absolute Gasteiger partial charge is 0.411 e. The number of hydrogen-bond donors (Lipinski definition) is 2. The topological polar surface area (TPSA) is 56.1 Å². The molecule has 0 saturated heterocycles. The molecule has 0 bridgehead atoms. The normalized spacial score (nSPS) is 19.4. The van der Waals surface area contributed by atoms with Crippen LogP contribution >= 0.6 is 0 Å². The molecule has 0 fully saturated rings. The second kappa shape index (κ2) is 5.87. The molecule has 1 aliphatic heterocycles. The maximum atomic E-state index is 9.41. The van der Waals surface area contributed by atoms with Crippen LogP contribution < -0.4 is 4.90 Å². The summed E-state index contributed by atoms with van der Waals surface area (Å²) in [6.07, 6.45) is 2.22. The van der Waals surface area contributed by atoms with E-state index in [0.717, 1.165) is 49.3 Å². The van der Waals surface area contributed by atoms with E-state index >= 15 is 0 Å². The van der Waals surface area contributed by atoms with E-state index in [9.17, 15) is 5.11 Å². The van der Waals surface area contributed by atoms with Gasteiger partial charge < -0.3 is 15.2 Å². The zero-order valence-electron chi connectivity index (χ0n) is 10.7. The average molecular weight is 248 g/mol. The van der Waals surface area contributed by atoms with Crippen molar-refractivity contribution < 1.29 is 10.3 Å². The SMILES string of the molecule is CC(O)CCN1CCC/C(=N/O)c2ccccc21. The number of anilines is 1. The molecule has 1 atom stereocenters. The van der Waals surface area contributed by atoms with Crippen molar-refractivity contribution in [2.75, 3.05) is 18.0 Å². The fourth-order valence-electron chi connectivity index (χ4n) is 2.36. The molecule has 1 heterocycles. The molecule has 0 spiro atoms. The Kier molecular flexibility index (Phi) is 4.20. The first kappa shape index (κ1) is 12.9. The van der Waals surface area contributed by atoms with E-state index in [4.69, 9.17) is 5.21 Å². The number of aliphatic hydroxyl groups excluding tert-OH is 1. The quantitative estimate of drug-likeness (QED) is 0.637. The summed E-state index contributed by atoms with van der Waals surface area (Å²) in [5, 5.41) is 21.9. The van der Waals surface area contributed by atoms with Gasteiger partial charge in [0.15, 0.2) is 0 Å². The number of fused-ring (bicyclic) bond motifs is 1. The molecular weight excluding hydrogens is 228 g/mol. The van der Waals surface area contributed by atoms with Crippen molar-refractivity contribution in [3.05, 3.63) is 29.8 Å². The maximum absolute atomic E-state index is 9.41. The van der Waals surface area contributed by atoms with Crippen molar-refractivity contribution in [3.63, 3.8) is 0 Å². The van der Waals surface area contributed by atoms with Crippen LogP contribution in [-0.4, -0.2) is 35.2 Å². The van der Waals surface area contributed by atoms with Gasteiger partial charge in [-0.2, -0.15) is 0 Å². The molecule has 1 aliphatic rings. The second-order valence-corrected chi connectivity index (χ2v) is 4.79. The first-order valence-electron chi connectivity index (χ1n) is 6.45. The highest BCUT2D eigenvalue weighted by atomic mass is 16.4. The predicted molar refractivity (Wildman–Crippen MR) is 72.5 cm³/mol. The minimum absolute atomic E-state index is 0.286. The van der Waals surface area contributed by atoms with E-state index in [0.29, 0.717) is 0 Å². The molecule has 0 amide bonds. The minimum Gasteiger partial charge on any atom is -0.411 e. The zero-order valence-corrected chi connectivity index (χ0v) is 10.7. The molecule has 0 saturated carbocycles. The summed E-state index contributed by atoms with van der Waals surface area (Å²) < 4.78 is 0. The van der Waals surface area contributed by atoms with Crippen LogP contribution in [0.5, 0.6) is 0 Å². The number of benzene rings is 1. The second-order valence-electron chi connectivity index (χ2n) is 4.79. The monoisotopic (exact) mass is 248 g/mol. The van der Waals surface area contributed by atoms with Gasteiger partial charge in [-0.1, -0.05) is 23.4 Å². The fraction of sp³-hybridized carbons (Fsp3) is 0.500. The Hall–Kier alpha value is -1.55. The number of para-hydroxylation sites is 1. The predicted octanol–water partition coefficient (Wildman–Crippen LogP) is 2.24. The number of hydrogen-bond acceptors (Lipinski definition) is 4. The van der Waals surface area contributed by atoms with Gasteiger partial charge in [0, 0.05) is 24.3 Å². The molecule has 0 aliphatic carbocycles. The molecule has 4 heteroatoms. The Labute approximate surface area is 108 Å². The molecule has 0 radical (unpaired) electrons. The Bertz CT molecular complexity index is 430. The summed E-state index contributed by atoms with van der Waals surface area (Å²) in [5.74, 6) is 0. The van der Waals surface area contributed by atoms with E-state index < -0.39 is 0 Å². The highest BCUT2D eigenvalue weighted by Gasteiger charge is 2.19. The van der Waals surface area contributed by atoms with Gasteiger partial charge in [0.05, 0.1) is 11.8 Å². The van der Waals surface area contributed by atoms with Gasteiger partial charge in [-0.25, -0.2) is 0 Å². The van der Waals surface area contributed by atoms with Crippen LogP contribution in [0.3, 0.4) is 0 Å². The average Bonchev–Trinajstić information content (AvgIpc) is 2.55. The molecule has 0 aromatic heterocycles. The molecule has 1 aromatic rings. The third kappa shape index (κ3) is 2.82.